The molecule has 0 aliphatic heterocycles. The third-order valence-electron chi connectivity index (χ3n) is 5.36. The third-order valence-corrected chi connectivity index (χ3v) is 5.36. The molecule has 0 radical (unpaired) electrons. The van der Waals surface area contributed by atoms with Crippen LogP contribution in [0.1, 0.15) is 63.5 Å². The van der Waals surface area contributed by atoms with Gasteiger partial charge in [-0.2, -0.15) is 0 Å². The minimum atomic E-state index is 0.139. The number of carbonyl (C=O) groups excluding carboxylic acids is 1. The van der Waals surface area contributed by atoms with Crippen molar-refractivity contribution >= 4 is 11.6 Å². The Morgan fingerprint density at radius 3 is 2.48 bits per heavy atom. The molecule has 1 aromatic carbocycles. The molecule has 1 amide bonds. The first-order chi connectivity index (χ1) is 11.0. The number of nitrogens with one attached hydrogen (secondary N) is 1. The fourth-order valence-corrected chi connectivity index (χ4v) is 3.55. The molecule has 1 N–H and O–H groups in total. The quantitative estimate of drug-likeness (QED) is 0.813. The minimum Gasteiger partial charge on any atom is -0.324 e. The Hall–Kier alpha value is -1.35. The van der Waals surface area contributed by atoms with E-state index < -0.39 is 0 Å². The lowest BCUT2D eigenvalue weighted by Gasteiger charge is -2.29. The molecule has 0 bridgehead atoms. The van der Waals surface area contributed by atoms with Crippen molar-refractivity contribution in [3.8, 4) is 0 Å². The van der Waals surface area contributed by atoms with Crippen molar-refractivity contribution in [1.82, 2.24) is 4.90 Å². The Morgan fingerprint density at radius 2 is 1.91 bits per heavy atom. The molecule has 0 spiro atoms. The van der Waals surface area contributed by atoms with Crippen molar-refractivity contribution in [3.05, 3.63) is 29.3 Å². The van der Waals surface area contributed by atoms with Crippen LogP contribution in [0.15, 0.2) is 18.2 Å². The van der Waals surface area contributed by atoms with Gasteiger partial charge in [-0.05, 0) is 62.5 Å². The topological polar surface area (TPSA) is 32.3 Å². The molecule has 2 saturated carbocycles. The first-order valence-corrected chi connectivity index (χ1v) is 9.12. The summed E-state index contributed by atoms with van der Waals surface area (Å²) in [5, 5.41) is 3.21. The lowest BCUT2D eigenvalue weighted by Crippen LogP contribution is -2.42. The van der Waals surface area contributed by atoms with Crippen molar-refractivity contribution in [2.45, 2.75) is 71.4 Å². The zero-order valence-corrected chi connectivity index (χ0v) is 14.9. The fraction of sp³-hybridized carbons (Fsp3) is 0.650. The van der Waals surface area contributed by atoms with Crippen LogP contribution in [0.4, 0.5) is 5.69 Å². The Kier molecular flexibility index (Phi) is 4.77. The van der Waals surface area contributed by atoms with Gasteiger partial charge in [0.15, 0.2) is 0 Å². The van der Waals surface area contributed by atoms with Crippen LogP contribution >= 0.6 is 0 Å². The number of rotatable bonds is 7. The summed E-state index contributed by atoms with van der Waals surface area (Å²) in [6.45, 7) is 9.27. The highest BCUT2D eigenvalue weighted by molar-refractivity contribution is 5.94. The minimum absolute atomic E-state index is 0.139. The van der Waals surface area contributed by atoms with Crippen LogP contribution in [0.25, 0.3) is 0 Å². The fourth-order valence-electron chi connectivity index (χ4n) is 3.55. The summed E-state index contributed by atoms with van der Waals surface area (Å²) >= 11 is 0. The summed E-state index contributed by atoms with van der Waals surface area (Å²) in [6.07, 6.45) is 5.18. The smallest absolute Gasteiger partial charge is 0.238 e. The number of hydrogen-bond acceptors (Lipinski definition) is 2. The molecule has 0 heterocycles. The zero-order chi connectivity index (χ0) is 16.6. The monoisotopic (exact) mass is 314 g/mol. The molecule has 3 rings (SSSR count). The molecule has 126 valence electrons. The first kappa shape index (κ1) is 16.5. The average Bonchev–Trinajstić information content (AvgIpc) is 3.38. The standard InChI is InChI=1S/C20H30N2O/c1-13(2)18-7-5-6-14(3)20(18)21-19(23)12-22(17-10-11-17)15(4)16-8-9-16/h5-7,13,15-17H,8-12H2,1-4H3,(H,21,23). The number of amides is 1. The Balaban J connectivity index is 1.69. The summed E-state index contributed by atoms with van der Waals surface area (Å²) < 4.78 is 0. The summed E-state index contributed by atoms with van der Waals surface area (Å²) in [5.41, 5.74) is 3.40. The van der Waals surface area contributed by atoms with Gasteiger partial charge in [0.1, 0.15) is 0 Å². The van der Waals surface area contributed by atoms with Crippen LogP contribution in [-0.2, 0) is 4.79 Å². The predicted molar refractivity (Wildman–Crippen MR) is 95.8 cm³/mol. The van der Waals surface area contributed by atoms with Crippen LogP contribution in [0.5, 0.6) is 0 Å². The van der Waals surface area contributed by atoms with E-state index in [4.69, 9.17) is 0 Å². The number of aryl methyl sites for hydroxylation is 1. The third kappa shape index (κ3) is 3.95. The second-order valence-electron chi connectivity index (χ2n) is 7.72. The first-order valence-electron chi connectivity index (χ1n) is 9.12. The molecular weight excluding hydrogens is 284 g/mol. The van der Waals surface area contributed by atoms with Gasteiger partial charge in [-0.3, -0.25) is 9.69 Å². The van der Waals surface area contributed by atoms with Gasteiger partial charge in [0, 0.05) is 17.8 Å². The van der Waals surface area contributed by atoms with Crippen molar-refractivity contribution in [1.29, 1.82) is 0 Å². The highest BCUT2D eigenvalue weighted by Gasteiger charge is 2.39. The van der Waals surface area contributed by atoms with Gasteiger partial charge in [-0.15, -0.1) is 0 Å². The van der Waals surface area contributed by atoms with Crippen LogP contribution in [0.3, 0.4) is 0 Å². The van der Waals surface area contributed by atoms with Crippen LogP contribution in [-0.4, -0.2) is 29.4 Å². The van der Waals surface area contributed by atoms with E-state index in [9.17, 15) is 4.79 Å². The molecular formula is C20H30N2O. The van der Waals surface area contributed by atoms with Crippen LogP contribution < -0.4 is 5.32 Å². The number of nitrogens with zero attached hydrogens (tertiary/aromatic N) is 1. The molecule has 2 fully saturated rings. The van der Waals surface area contributed by atoms with Gasteiger partial charge >= 0.3 is 0 Å². The Morgan fingerprint density at radius 1 is 1.22 bits per heavy atom. The van der Waals surface area contributed by atoms with E-state index in [0.717, 1.165) is 17.2 Å². The van der Waals surface area contributed by atoms with E-state index in [-0.39, 0.29) is 5.91 Å². The van der Waals surface area contributed by atoms with E-state index in [0.29, 0.717) is 24.5 Å². The number of para-hydroxylation sites is 1. The molecule has 23 heavy (non-hydrogen) atoms. The van der Waals surface area contributed by atoms with Gasteiger partial charge < -0.3 is 5.32 Å². The van der Waals surface area contributed by atoms with Gasteiger partial charge in [0.2, 0.25) is 5.91 Å². The molecule has 3 heteroatoms. The number of carbonyl (C=O) groups is 1. The predicted octanol–water partition coefficient (Wildman–Crippen LogP) is 4.32. The van der Waals surface area contributed by atoms with Crippen molar-refractivity contribution < 1.29 is 4.79 Å². The lowest BCUT2D eigenvalue weighted by molar-refractivity contribution is -0.118. The number of hydrogen-bond donors (Lipinski definition) is 1. The van der Waals surface area contributed by atoms with E-state index in [2.05, 4.69) is 56.1 Å². The highest BCUT2D eigenvalue weighted by atomic mass is 16.2. The molecule has 0 saturated heterocycles. The average molecular weight is 314 g/mol. The van der Waals surface area contributed by atoms with Gasteiger partial charge in [-0.25, -0.2) is 0 Å². The SMILES string of the molecule is Cc1cccc(C(C)C)c1NC(=O)CN(C1CC1)C(C)C1CC1. The van der Waals surface area contributed by atoms with Gasteiger partial charge in [0.05, 0.1) is 6.54 Å². The second-order valence-corrected chi connectivity index (χ2v) is 7.72. The molecule has 2 aliphatic rings. The molecule has 1 aromatic rings. The largest absolute Gasteiger partial charge is 0.324 e. The van der Waals surface area contributed by atoms with E-state index in [1.54, 1.807) is 0 Å². The zero-order valence-electron chi connectivity index (χ0n) is 14.9. The number of anilines is 1. The normalized spacial score (nSPS) is 19.2. The Labute approximate surface area is 140 Å². The maximum Gasteiger partial charge on any atom is 0.238 e. The molecule has 3 nitrogen and oxygen atoms in total. The number of benzene rings is 1. The van der Waals surface area contributed by atoms with Crippen molar-refractivity contribution in [2.75, 3.05) is 11.9 Å². The van der Waals surface area contributed by atoms with E-state index >= 15 is 0 Å². The lowest BCUT2D eigenvalue weighted by atomic mass is 9.98. The van der Waals surface area contributed by atoms with Crippen LogP contribution in [0, 0.1) is 12.8 Å². The van der Waals surface area contributed by atoms with E-state index in [1.165, 1.54) is 31.2 Å². The summed E-state index contributed by atoms with van der Waals surface area (Å²) in [4.78, 5) is 15.1. The summed E-state index contributed by atoms with van der Waals surface area (Å²) in [5.74, 6) is 1.36. The van der Waals surface area contributed by atoms with E-state index in [1.807, 2.05) is 0 Å². The molecule has 0 aromatic heterocycles. The summed E-state index contributed by atoms with van der Waals surface area (Å²) in [6, 6.07) is 7.46. The van der Waals surface area contributed by atoms with Gasteiger partial charge in [-0.1, -0.05) is 32.0 Å². The maximum atomic E-state index is 12.7. The maximum absolute atomic E-state index is 12.7. The second kappa shape index (κ2) is 6.64. The highest BCUT2D eigenvalue weighted by Crippen LogP contribution is 2.39. The van der Waals surface area contributed by atoms with Gasteiger partial charge in [0.25, 0.3) is 0 Å². The molecule has 1 atom stereocenters. The molecule has 2 aliphatic carbocycles. The van der Waals surface area contributed by atoms with Crippen molar-refractivity contribution in [3.63, 3.8) is 0 Å². The molecule has 1 unspecified atom stereocenters. The summed E-state index contributed by atoms with van der Waals surface area (Å²) in [7, 11) is 0. The van der Waals surface area contributed by atoms with Crippen molar-refractivity contribution in [2.24, 2.45) is 5.92 Å². The Bertz CT molecular complexity index is 573. The van der Waals surface area contributed by atoms with Crippen LogP contribution in [0.2, 0.25) is 0 Å².